The predicted molar refractivity (Wildman–Crippen MR) is 53.5 cm³/mol. The van der Waals surface area contributed by atoms with Crippen LogP contribution < -0.4 is 0 Å². The molecule has 0 atom stereocenters. The van der Waals surface area contributed by atoms with E-state index in [4.69, 9.17) is 4.42 Å². The van der Waals surface area contributed by atoms with Gasteiger partial charge in [-0.1, -0.05) is 0 Å². The molecule has 0 saturated carbocycles. The average Bonchev–Trinajstić information content (AvgIpc) is 2.67. The lowest BCUT2D eigenvalue weighted by Crippen LogP contribution is -2.34. The highest BCUT2D eigenvalue weighted by molar-refractivity contribution is 5.94. The van der Waals surface area contributed by atoms with Crippen molar-refractivity contribution < 1.29 is 14.0 Å². The Morgan fingerprint density at radius 1 is 1.40 bits per heavy atom. The summed E-state index contributed by atoms with van der Waals surface area (Å²) in [7, 11) is 0. The zero-order valence-electron chi connectivity index (χ0n) is 8.44. The fraction of sp³-hybridized carbons (Fsp3) is 0.455. The molecule has 2 rings (SSSR count). The molecule has 1 saturated heterocycles. The molecule has 4 heteroatoms. The quantitative estimate of drug-likeness (QED) is 0.700. The van der Waals surface area contributed by atoms with Crippen LogP contribution in [0.4, 0.5) is 0 Å². The number of hydrogen-bond donors (Lipinski definition) is 0. The summed E-state index contributed by atoms with van der Waals surface area (Å²) in [5.41, 5.74) is 0. The van der Waals surface area contributed by atoms with Gasteiger partial charge in [-0.2, -0.15) is 0 Å². The van der Waals surface area contributed by atoms with Crippen LogP contribution in [0.15, 0.2) is 22.8 Å². The maximum absolute atomic E-state index is 11.8. The molecule has 2 heterocycles. The van der Waals surface area contributed by atoms with Gasteiger partial charge >= 0.3 is 0 Å². The molecule has 0 radical (unpaired) electrons. The summed E-state index contributed by atoms with van der Waals surface area (Å²) in [6.45, 7) is 0.866. The summed E-state index contributed by atoms with van der Waals surface area (Å²) in [6.07, 6.45) is 3.81. The van der Waals surface area contributed by atoms with E-state index >= 15 is 0 Å². The van der Waals surface area contributed by atoms with E-state index in [1.807, 2.05) is 0 Å². The van der Waals surface area contributed by atoms with E-state index in [0.29, 0.717) is 18.7 Å². The van der Waals surface area contributed by atoms with Gasteiger partial charge in [0.15, 0.2) is 11.5 Å². The van der Waals surface area contributed by atoms with Crippen LogP contribution in [-0.4, -0.2) is 29.7 Å². The Balaban J connectivity index is 2.09. The summed E-state index contributed by atoms with van der Waals surface area (Å²) in [5, 5.41) is 0. The van der Waals surface area contributed by atoms with Gasteiger partial charge in [0.25, 0.3) is 5.91 Å². The molecule has 4 nitrogen and oxygen atoms in total. The summed E-state index contributed by atoms with van der Waals surface area (Å²) < 4.78 is 5.02. The lowest BCUT2D eigenvalue weighted by Gasteiger charge is -2.17. The SMILES string of the molecule is O=C1CCCCN(C(=O)c2ccco2)C1. The average molecular weight is 207 g/mol. The van der Waals surface area contributed by atoms with E-state index in [1.54, 1.807) is 17.0 Å². The lowest BCUT2D eigenvalue weighted by molar-refractivity contribution is -0.119. The molecule has 0 aromatic carbocycles. The first-order valence-electron chi connectivity index (χ1n) is 5.12. The molecule has 1 aromatic heterocycles. The van der Waals surface area contributed by atoms with Gasteiger partial charge in [0.05, 0.1) is 12.8 Å². The smallest absolute Gasteiger partial charge is 0.289 e. The summed E-state index contributed by atoms with van der Waals surface area (Å²) >= 11 is 0. The van der Waals surface area contributed by atoms with Gasteiger partial charge in [-0.05, 0) is 25.0 Å². The third kappa shape index (κ3) is 2.26. The number of carbonyl (C=O) groups excluding carboxylic acids is 2. The molecule has 1 amide bonds. The van der Waals surface area contributed by atoms with Crippen molar-refractivity contribution in [3.8, 4) is 0 Å². The van der Waals surface area contributed by atoms with Crippen molar-refractivity contribution in [1.82, 2.24) is 4.90 Å². The van der Waals surface area contributed by atoms with Crippen molar-refractivity contribution in [2.24, 2.45) is 0 Å². The molecule has 0 bridgehead atoms. The Bertz CT molecular complexity index is 356. The minimum Gasteiger partial charge on any atom is -0.459 e. The Morgan fingerprint density at radius 3 is 3.00 bits per heavy atom. The molecule has 0 unspecified atom stereocenters. The van der Waals surface area contributed by atoms with Crippen molar-refractivity contribution in [1.29, 1.82) is 0 Å². The highest BCUT2D eigenvalue weighted by atomic mass is 16.3. The number of furan rings is 1. The first kappa shape index (κ1) is 9.96. The third-order valence-electron chi connectivity index (χ3n) is 2.52. The first-order chi connectivity index (χ1) is 7.27. The van der Waals surface area contributed by atoms with E-state index in [1.165, 1.54) is 6.26 Å². The van der Waals surface area contributed by atoms with E-state index in [-0.39, 0.29) is 18.2 Å². The van der Waals surface area contributed by atoms with Crippen LogP contribution in [0, 0.1) is 0 Å². The van der Waals surface area contributed by atoms with Gasteiger partial charge in [-0.15, -0.1) is 0 Å². The predicted octanol–water partition coefficient (Wildman–Crippen LogP) is 1.47. The van der Waals surface area contributed by atoms with Gasteiger partial charge in [-0.25, -0.2) is 0 Å². The number of carbonyl (C=O) groups is 2. The third-order valence-corrected chi connectivity index (χ3v) is 2.52. The topological polar surface area (TPSA) is 50.5 Å². The molecule has 1 aliphatic rings. The minimum atomic E-state index is -0.185. The van der Waals surface area contributed by atoms with Crippen LogP contribution in [0.2, 0.25) is 0 Å². The van der Waals surface area contributed by atoms with Crippen LogP contribution in [0.3, 0.4) is 0 Å². The first-order valence-corrected chi connectivity index (χ1v) is 5.12. The van der Waals surface area contributed by atoms with Gasteiger partial charge in [0.1, 0.15) is 0 Å². The zero-order valence-corrected chi connectivity index (χ0v) is 8.44. The molecule has 0 aliphatic carbocycles. The molecule has 0 spiro atoms. The number of amides is 1. The van der Waals surface area contributed by atoms with E-state index in [2.05, 4.69) is 0 Å². The number of nitrogens with zero attached hydrogens (tertiary/aromatic N) is 1. The largest absolute Gasteiger partial charge is 0.459 e. The van der Waals surface area contributed by atoms with E-state index < -0.39 is 0 Å². The van der Waals surface area contributed by atoms with Gasteiger partial charge in [0.2, 0.25) is 0 Å². The highest BCUT2D eigenvalue weighted by Gasteiger charge is 2.22. The van der Waals surface area contributed by atoms with Crippen molar-refractivity contribution in [3.05, 3.63) is 24.2 Å². The molecule has 0 N–H and O–H groups in total. The fourth-order valence-electron chi connectivity index (χ4n) is 1.73. The van der Waals surface area contributed by atoms with Crippen molar-refractivity contribution in [2.75, 3.05) is 13.1 Å². The summed E-state index contributed by atoms with van der Waals surface area (Å²) in [6, 6.07) is 3.30. The van der Waals surface area contributed by atoms with Crippen LogP contribution >= 0.6 is 0 Å². The zero-order chi connectivity index (χ0) is 10.7. The summed E-state index contributed by atoms with van der Waals surface area (Å²) in [4.78, 5) is 24.7. The Kier molecular flexibility index (Phi) is 2.85. The molecule has 15 heavy (non-hydrogen) atoms. The van der Waals surface area contributed by atoms with Crippen molar-refractivity contribution in [3.63, 3.8) is 0 Å². The Labute approximate surface area is 87.9 Å². The number of hydrogen-bond acceptors (Lipinski definition) is 3. The van der Waals surface area contributed by atoms with Crippen LogP contribution in [0.1, 0.15) is 29.8 Å². The maximum Gasteiger partial charge on any atom is 0.289 e. The second-order valence-electron chi connectivity index (χ2n) is 3.70. The number of ketones is 1. The second kappa shape index (κ2) is 4.29. The van der Waals surface area contributed by atoms with Gasteiger partial charge < -0.3 is 9.32 Å². The number of rotatable bonds is 1. The van der Waals surface area contributed by atoms with E-state index in [0.717, 1.165) is 12.8 Å². The Morgan fingerprint density at radius 2 is 2.27 bits per heavy atom. The summed E-state index contributed by atoms with van der Waals surface area (Å²) in [5.74, 6) is 0.257. The maximum atomic E-state index is 11.8. The molecule has 1 aliphatic heterocycles. The lowest BCUT2D eigenvalue weighted by atomic mass is 10.2. The van der Waals surface area contributed by atoms with Crippen LogP contribution in [-0.2, 0) is 4.79 Å². The molecular weight excluding hydrogens is 194 g/mol. The second-order valence-corrected chi connectivity index (χ2v) is 3.70. The normalized spacial score (nSPS) is 17.6. The van der Waals surface area contributed by atoms with Gasteiger partial charge in [0, 0.05) is 13.0 Å². The molecule has 1 fully saturated rings. The highest BCUT2D eigenvalue weighted by Crippen LogP contribution is 2.11. The number of Topliss-reactive ketones (excluding diaryl/α,β-unsaturated/α-hetero) is 1. The monoisotopic (exact) mass is 207 g/mol. The van der Waals surface area contributed by atoms with Crippen molar-refractivity contribution >= 4 is 11.7 Å². The standard InChI is InChI=1S/C11H13NO3/c13-9-4-1-2-6-12(8-9)11(14)10-5-3-7-15-10/h3,5,7H,1-2,4,6,8H2. The van der Waals surface area contributed by atoms with Crippen molar-refractivity contribution in [2.45, 2.75) is 19.3 Å². The van der Waals surface area contributed by atoms with Crippen LogP contribution in [0.5, 0.6) is 0 Å². The van der Waals surface area contributed by atoms with E-state index in [9.17, 15) is 9.59 Å². The molecular formula is C11H13NO3. The number of likely N-dealkylation sites (tertiary alicyclic amines) is 1. The van der Waals surface area contributed by atoms with Gasteiger partial charge in [-0.3, -0.25) is 9.59 Å². The fourth-order valence-corrected chi connectivity index (χ4v) is 1.73. The molecule has 80 valence electrons. The van der Waals surface area contributed by atoms with Crippen LogP contribution in [0.25, 0.3) is 0 Å². The Hall–Kier alpha value is -1.58. The minimum absolute atomic E-state index is 0.132. The molecule has 1 aromatic rings.